The summed E-state index contributed by atoms with van der Waals surface area (Å²) in [5.41, 5.74) is 2.90. The summed E-state index contributed by atoms with van der Waals surface area (Å²) < 4.78 is 5.74. The Kier molecular flexibility index (Phi) is 7.66. The van der Waals surface area contributed by atoms with Crippen molar-refractivity contribution in [3.63, 3.8) is 0 Å². The first-order valence-corrected chi connectivity index (χ1v) is 10.8. The quantitative estimate of drug-likeness (QED) is 0.486. The maximum absolute atomic E-state index is 13.3. The molecule has 0 radical (unpaired) electrons. The fourth-order valence-corrected chi connectivity index (χ4v) is 3.46. The highest BCUT2D eigenvalue weighted by Gasteiger charge is 2.29. The Labute approximate surface area is 185 Å². The maximum Gasteiger partial charge on any atom is 0.341 e. The fraction of sp³-hybridized carbons (Fsp3) is 0.480. The first kappa shape index (κ1) is 23.9. The van der Waals surface area contributed by atoms with Crippen LogP contribution >= 0.6 is 11.6 Å². The zero-order chi connectivity index (χ0) is 22.6. The minimum absolute atomic E-state index is 0.289. The molecule has 2 aromatic rings. The number of nitriles is 1. The van der Waals surface area contributed by atoms with E-state index in [1.807, 2.05) is 32.9 Å². The lowest BCUT2D eigenvalue weighted by Crippen LogP contribution is -2.26. The van der Waals surface area contributed by atoms with Crippen molar-refractivity contribution in [1.29, 1.82) is 5.26 Å². The second kappa shape index (κ2) is 9.62. The Morgan fingerprint density at radius 1 is 1.07 bits per heavy atom. The molecule has 0 aliphatic rings. The Morgan fingerprint density at radius 3 is 2.07 bits per heavy atom. The van der Waals surface area contributed by atoms with Crippen LogP contribution in [0, 0.1) is 23.2 Å². The molecule has 0 spiro atoms. The molecule has 1 aromatic heterocycles. The summed E-state index contributed by atoms with van der Waals surface area (Å²) in [7, 11) is 0. The van der Waals surface area contributed by atoms with E-state index in [1.165, 1.54) is 0 Å². The van der Waals surface area contributed by atoms with Crippen LogP contribution in [0.15, 0.2) is 24.3 Å². The minimum atomic E-state index is -0.660. The van der Waals surface area contributed by atoms with Crippen LogP contribution in [-0.2, 0) is 17.6 Å². The van der Waals surface area contributed by atoms with Crippen LogP contribution in [0.3, 0.4) is 0 Å². The van der Waals surface area contributed by atoms with Crippen molar-refractivity contribution >= 4 is 17.6 Å². The summed E-state index contributed by atoms with van der Waals surface area (Å²) in [4.78, 5) is 18.2. The number of hydrogen-bond acceptors (Lipinski definition) is 4. The van der Waals surface area contributed by atoms with Gasteiger partial charge in [0.25, 0.3) is 0 Å². The average Bonchev–Trinajstić information content (AvgIpc) is 2.59. The molecular formula is C25H31ClN2O2. The van der Waals surface area contributed by atoms with Crippen molar-refractivity contribution in [1.82, 2.24) is 4.98 Å². The molecule has 4 nitrogen and oxygen atoms in total. The number of pyridine rings is 1. The van der Waals surface area contributed by atoms with Gasteiger partial charge in [-0.15, -0.1) is 0 Å². The molecule has 0 unspecified atom stereocenters. The number of ether oxygens (including phenoxy) is 1. The summed E-state index contributed by atoms with van der Waals surface area (Å²) in [6.07, 6.45) is 1.27. The molecule has 0 aliphatic carbocycles. The Morgan fingerprint density at radius 2 is 1.60 bits per heavy atom. The third-order valence-electron chi connectivity index (χ3n) is 4.40. The second-order valence-electron chi connectivity index (χ2n) is 9.45. The number of halogens is 1. The lowest BCUT2D eigenvalue weighted by molar-refractivity contribution is 0.00685. The maximum atomic E-state index is 13.3. The van der Waals surface area contributed by atoms with Crippen molar-refractivity contribution in [3.05, 3.63) is 51.8 Å². The van der Waals surface area contributed by atoms with E-state index in [1.54, 1.807) is 12.1 Å². The van der Waals surface area contributed by atoms with E-state index in [0.717, 1.165) is 11.3 Å². The van der Waals surface area contributed by atoms with Crippen molar-refractivity contribution < 1.29 is 9.53 Å². The molecule has 1 heterocycles. The van der Waals surface area contributed by atoms with Crippen LogP contribution in [0.5, 0.6) is 0 Å². The molecule has 0 fully saturated rings. The molecule has 0 saturated carbocycles. The number of rotatable bonds is 6. The van der Waals surface area contributed by atoms with Crippen LogP contribution in [-0.4, -0.2) is 16.6 Å². The number of carbonyl (C=O) groups is 1. The van der Waals surface area contributed by atoms with Crippen LogP contribution < -0.4 is 0 Å². The normalized spacial score (nSPS) is 11.6. The summed E-state index contributed by atoms with van der Waals surface area (Å²) in [5.74, 6) is 0.154. The highest BCUT2D eigenvalue weighted by Crippen LogP contribution is 2.35. The zero-order valence-corrected chi connectivity index (χ0v) is 19.7. The Bertz CT molecular complexity index is 949. The van der Waals surface area contributed by atoms with Gasteiger partial charge in [0.05, 0.1) is 22.5 Å². The summed E-state index contributed by atoms with van der Waals surface area (Å²) in [6, 6.07) is 9.52. The minimum Gasteiger partial charge on any atom is -0.456 e. The van der Waals surface area contributed by atoms with Gasteiger partial charge in [-0.1, -0.05) is 51.4 Å². The molecule has 1 aromatic carbocycles. The molecule has 160 valence electrons. The largest absolute Gasteiger partial charge is 0.456 e. The molecule has 0 amide bonds. The molecule has 0 atom stereocenters. The average molecular weight is 427 g/mol. The number of benzene rings is 1. The topological polar surface area (TPSA) is 63.0 Å². The third kappa shape index (κ3) is 6.06. The molecule has 30 heavy (non-hydrogen) atoms. The van der Waals surface area contributed by atoms with Gasteiger partial charge in [0.2, 0.25) is 0 Å². The molecular weight excluding hydrogens is 396 g/mol. The van der Waals surface area contributed by atoms with E-state index < -0.39 is 11.6 Å². The van der Waals surface area contributed by atoms with Crippen molar-refractivity contribution in [2.75, 3.05) is 0 Å². The number of carbonyl (C=O) groups excluding carboxylic acids is 1. The summed E-state index contributed by atoms with van der Waals surface area (Å²) in [6.45, 7) is 13.9. The van der Waals surface area contributed by atoms with Gasteiger partial charge < -0.3 is 4.74 Å². The highest BCUT2D eigenvalue weighted by molar-refractivity contribution is 6.30. The molecule has 0 N–H and O–H groups in total. The van der Waals surface area contributed by atoms with Gasteiger partial charge in [0.15, 0.2) is 0 Å². The zero-order valence-electron chi connectivity index (χ0n) is 19.0. The van der Waals surface area contributed by atoms with Crippen LogP contribution in [0.25, 0.3) is 11.1 Å². The molecule has 0 aliphatic heterocycles. The van der Waals surface area contributed by atoms with Gasteiger partial charge in [0.1, 0.15) is 11.7 Å². The van der Waals surface area contributed by atoms with Gasteiger partial charge in [-0.25, -0.2) is 4.79 Å². The predicted octanol–water partition coefficient (Wildman–Crippen LogP) is 6.63. The van der Waals surface area contributed by atoms with E-state index in [-0.39, 0.29) is 5.92 Å². The smallest absolute Gasteiger partial charge is 0.341 e. The fourth-order valence-electron chi connectivity index (χ4n) is 3.33. The van der Waals surface area contributed by atoms with Crippen molar-refractivity contribution in [3.8, 4) is 17.2 Å². The van der Waals surface area contributed by atoms with Gasteiger partial charge >= 0.3 is 5.97 Å². The van der Waals surface area contributed by atoms with E-state index in [4.69, 9.17) is 21.3 Å². The third-order valence-corrected chi connectivity index (χ3v) is 4.65. The second-order valence-corrected chi connectivity index (χ2v) is 9.88. The van der Waals surface area contributed by atoms with Crippen molar-refractivity contribution in [2.45, 2.75) is 66.9 Å². The van der Waals surface area contributed by atoms with Crippen LogP contribution in [0.1, 0.15) is 75.8 Å². The van der Waals surface area contributed by atoms with E-state index >= 15 is 0 Å². The number of hydrogen-bond donors (Lipinski definition) is 0. The molecule has 0 saturated heterocycles. The summed E-state index contributed by atoms with van der Waals surface area (Å²) in [5, 5.41) is 10.7. The highest BCUT2D eigenvalue weighted by atomic mass is 35.5. The number of nitrogens with zero attached hydrogens (tertiary/aromatic N) is 2. The number of esters is 1. The lowest BCUT2D eigenvalue weighted by atomic mass is 9.88. The molecule has 2 rings (SSSR count). The van der Waals surface area contributed by atoms with Gasteiger partial charge in [-0.05, 0) is 63.1 Å². The monoisotopic (exact) mass is 426 g/mol. The summed E-state index contributed by atoms with van der Waals surface area (Å²) >= 11 is 6.09. The first-order chi connectivity index (χ1) is 13.9. The Balaban J connectivity index is 2.91. The van der Waals surface area contributed by atoms with Crippen molar-refractivity contribution in [2.24, 2.45) is 11.8 Å². The SMILES string of the molecule is CC(C)Cc1nc(CC(C)C)c(C(=O)OC(C)(C)C)c(-c2ccc(Cl)cc2)c1C#N. The predicted molar refractivity (Wildman–Crippen MR) is 122 cm³/mol. The standard InChI is InChI=1S/C25H31ClN2O2/c1-15(2)12-20-19(14-27)22(17-8-10-18(26)11-9-17)23(21(28-20)13-16(3)4)24(29)30-25(5,6)7/h8-11,15-16H,12-13H2,1-7H3. The molecule has 5 heteroatoms. The van der Waals surface area contributed by atoms with E-state index in [0.29, 0.717) is 46.2 Å². The van der Waals surface area contributed by atoms with Gasteiger partial charge in [-0.2, -0.15) is 5.26 Å². The van der Waals surface area contributed by atoms with E-state index in [9.17, 15) is 10.1 Å². The van der Waals surface area contributed by atoms with Crippen LogP contribution in [0.4, 0.5) is 0 Å². The Hall–Kier alpha value is -2.38. The van der Waals surface area contributed by atoms with Gasteiger partial charge in [-0.3, -0.25) is 4.98 Å². The van der Waals surface area contributed by atoms with Crippen LogP contribution in [0.2, 0.25) is 5.02 Å². The van der Waals surface area contributed by atoms with E-state index in [2.05, 4.69) is 33.8 Å². The molecule has 0 bridgehead atoms. The number of aromatic nitrogens is 1. The first-order valence-electron chi connectivity index (χ1n) is 10.4. The van der Waals surface area contributed by atoms with Gasteiger partial charge in [0, 0.05) is 10.6 Å². The lowest BCUT2D eigenvalue weighted by Gasteiger charge is -2.24.